The largest absolute Gasteiger partial charge is 0.490 e. The van der Waals surface area contributed by atoms with Crippen LogP contribution in [0.25, 0.3) is 0 Å². The molecule has 1 aromatic carbocycles. The van der Waals surface area contributed by atoms with Gasteiger partial charge in [-0.1, -0.05) is 0 Å². The number of nitrogens with one attached hydrogen (secondary N) is 1. The Labute approximate surface area is 110 Å². The lowest BCUT2D eigenvalue weighted by Gasteiger charge is -2.11. The number of hydrogen-bond donors (Lipinski definition) is 1. The van der Waals surface area contributed by atoms with E-state index in [1.54, 1.807) is 6.92 Å². The van der Waals surface area contributed by atoms with Crippen molar-refractivity contribution in [2.24, 2.45) is 0 Å². The molecule has 0 saturated carbocycles. The molecule has 6 heteroatoms. The molecule has 0 saturated heterocycles. The minimum Gasteiger partial charge on any atom is -0.490 e. The predicted octanol–water partition coefficient (Wildman–Crippen LogP) is 1.74. The lowest BCUT2D eigenvalue weighted by Crippen LogP contribution is -2.32. The fourth-order valence-electron chi connectivity index (χ4n) is 1.51. The minimum absolute atomic E-state index is 0.109. The number of carbonyl (C=O) groups is 1. The first-order valence-corrected chi connectivity index (χ1v) is 5.56. The first-order valence-electron chi connectivity index (χ1n) is 5.56. The molecule has 1 rings (SSSR count). The van der Waals surface area contributed by atoms with Gasteiger partial charge in [-0.2, -0.15) is 0 Å². The molecule has 1 unspecified atom stereocenters. The number of amides is 1. The molecule has 6 nitrogen and oxygen atoms in total. The van der Waals surface area contributed by atoms with Gasteiger partial charge in [-0.15, -0.1) is 12.3 Å². The monoisotopic (exact) mass is 262 g/mol. The number of nitro benzene ring substituents is 1. The highest BCUT2D eigenvalue weighted by Crippen LogP contribution is 2.27. The van der Waals surface area contributed by atoms with E-state index in [0.29, 0.717) is 6.42 Å². The van der Waals surface area contributed by atoms with Gasteiger partial charge in [0.05, 0.1) is 12.0 Å². The summed E-state index contributed by atoms with van der Waals surface area (Å²) in [5.41, 5.74) is -0.0591. The molecule has 0 aliphatic carbocycles. The van der Waals surface area contributed by atoms with Gasteiger partial charge >= 0.3 is 5.69 Å². The Balaban J connectivity index is 2.96. The molecular weight excluding hydrogens is 248 g/mol. The molecule has 0 heterocycles. The molecule has 0 bridgehead atoms. The summed E-state index contributed by atoms with van der Waals surface area (Å²) in [6.07, 6.45) is 5.53. The number of nitro groups is 1. The van der Waals surface area contributed by atoms with Crippen molar-refractivity contribution in [3.05, 3.63) is 33.9 Å². The van der Waals surface area contributed by atoms with Gasteiger partial charge in [-0.3, -0.25) is 14.9 Å². The topological polar surface area (TPSA) is 81.5 Å². The van der Waals surface area contributed by atoms with Crippen LogP contribution in [0.2, 0.25) is 0 Å². The van der Waals surface area contributed by atoms with Crippen molar-refractivity contribution in [1.29, 1.82) is 0 Å². The summed E-state index contributed by atoms with van der Waals surface area (Å²) < 4.78 is 4.86. The SMILES string of the molecule is C#CCC(C)NC(=O)c1ccc(OC)c([N+](=O)[O-])c1. The molecule has 1 aromatic rings. The first-order chi connectivity index (χ1) is 8.99. The van der Waals surface area contributed by atoms with Crippen LogP contribution in [-0.2, 0) is 0 Å². The van der Waals surface area contributed by atoms with Crippen LogP contribution in [0.15, 0.2) is 18.2 Å². The summed E-state index contributed by atoms with van der Waals surface area (Å²) in [4.78, 5) is 22.1. The highest BCUT2D eigenvalue weighted by molar-refractivity contribution is 5.95. The number of rotatable bonds is 5. The van der Waals surface area contributed by atoms with Crippen LogP contribution in [0.1, 0.15) is 23.7 Å². The summed E-state index contributed by atoms with van der Waals surface area (Å²) in [7, 11) is 1.33. The van der Waals surface area contributed by atoms with E-state index in [4.69, 9.17) is 11.2 Å². The third kappa shape index (κ3) is 3.71. The van der Waals surface area contributed by atoms with Gasteiger partial charge in [0.1, 0.15) is 0 Å². The van der Waals surface area contributed by atoms with E-state index in [1.807, 2.05) is 0 Å². The summed E-state index contributed by atoms with van der Waals surface area (Å²) in [5.74, 6) is 2.13. The van der Waals surface area contributed by atoms with E-state index in [0.717, 1.165) is 0 Å². The molecule has 0 fully saturated rings. The fourth-order valence-corrected chi connectivity index (χ4v) is 1.51. The van der Waals surface area contributed by atoms with Crippen LogP contribution in [0.4, 0.5) is 5.69 Å². The normalized spacial score (nSPS) is 11.2. The van der Waals surface area contributed by atoms with Crippen molar-refractivity contribution in [3.63, 3.8) is 0 Å². The number of carbonyl (C=O) groups excluding carboxylic acids is 1. The van der Waals surface area contributed by atoms with E-state index >= 15 is 0 Å². The summed E-state index contributed by atoms with van der Waals surface area (Å²) in [6, 6.07) is 3.83. The minimum atomic E-state index is -0.597. The average molecular weight is 262 g/mol. The molecule has 0 radical (unpaired) electrons. The molecule has 0 aliphatic rings. The second-order valence-electron chi connectivity index (χ2n) is 3.93. The van der Waals surface area contributed by atoms with Gasteiger partial charge < -0.3 is 10.1 Å². The Morgan fingerprint density at radius 3 is 2.84 bits per heavy atom. The first kappa shape index (κ1) is 14.5. The molecule has 19 heavy (non-hydrogen) atoms. The van der Waals surface area contributed by atoms with Gasteiger partial charge in [0, 0.05) is 24.1 Å². The Bertz CT molecular complexity index is 534. The molecule has 100 valence electrons. The molecule has 0 spiro atoms. The standard InChI is InChI=1S/C13H14N2O4/c1-4-5-9(2)14-13(16)10-6-7-12(19-3)11(8-10)15(17)18/h1,6-9H,5H2,2-3H3,(H,14,16). The number of hydrogen-bond acceptors (Lipinski definition) is 4. The van der Waals surface area contributed by atoms with Crippen LogP contribution in [0.3, 0.4) is 0 Å². The number of benzene rings is 1. The Hall–Kier alpha value is -2.55. The summed E-state index contributed by atoms with van der Waals surface area (Å²) in [5, 5.41) is 13.5. The van der Waals surface area contributed by atoms with Crippen molar-refractivity contribution >= 4 is 11.6 Å². The molecule has 0 aliphatic heterocycles. The van der Waals surface area contributed by atoms with Crippen LogP contribution in [0, 0.1) is 22.5 Å². The molecule has 1 N–H and O–H groups in total. The second kappa shape index (κ2) is 6.40. The lowest BCUT2D eigenvalue weighted by molar-refractivity contribution is -0.385. The highest BCUT2D eigenvalue weighted by Gasteiger charge is 2.18. The van der Waals surface area contributed by atoms with E-state index in [-0.39, 0.29) is 23.0 Å². The molecule has 0 aromatic heterocycles. The quantitative estimate of drug-likeness (QED) is 0.498. The maximum absolute atomic E-state index is 11.9. The number of nitrogens with zero attached hydrogens (tertiary/aromatic N) is 1. The van der Waals surface area contributed by atoms with Gasteiger partial charge in [0.15, 0.2) is 5.75 Å². The molecule has 1 atom stereocenters. The van der Waals surface area contributed by atoms with Crippen molar-refractivity contribution < 1.29 is 14.5 Å². The smallest absolute Gasteiger partial charge is 0.311 e. The molecule has 1 amide bonds. The third-order valence-electron chi connectivity index (χ3n) is 2.44. The highest BCUT2D eigenvalue weighted by atomic mass is 16.6. The van der Waals surface area contributed by atoms with Gasteiger partial charge in [-0.25, -0.2) is 0 Å². The Morgan fingerprint density at radius 1 is 1.63 bits per heavy atom. The van der Waals surface area contributed by atoms with Crippen LogP contribution >= 0.6 is 0 Å². The number of ether oxygens (including phenoxy) is 1. The zero-order chi connectivity index (χ0) is 14.4. The maximum atomic E-state index is 11.9. The van der Waals surface area contributed by atoms with Gasteiger partial charge in [0.2, 0.25) is 0 Å². The summed E-state index contributed by atoms with van der Waals surface area (Å²) >= 11 is 0. The van der Waals surface area contributed by atoms with Gasteiger partial charge in [-0.05, 0) is 19.1 Å². The zero-order valence-electron chi connectivity index (χ0n) is 10.7. The van der Waals surface area contributed by atoms with E-state index in [9.17, 15) is 14.9 Å². The third-order valence-corrected chi connectivity index (χ3v) is 2.44. The second-order valence-corrected chi connectivity index (χ2v) is 3.93. The Kier molecular flexibility index (Phi) is 4.89. The predicted molar refractivity (Wildman–Crippen MR) is 70.0 cm³/mol. The lowest BCUT2D eigenvalue weighted by atomic mass is 10.1. The molecular formula is C13H14N2O4. The van der Waals surface area contributed by atoms with E-state index in [1.165, 1.54) is 25.3 Å². The number of methoxy groups -OCH3 is 1. The van der Waals surface area contributed by atoms with Crippen molar-refractivity contribution in [3.8, 4) is 18.1 Å². The van der Waals surface area contributed by atoms with E-state index < -0.39 is 10.8 Å². The van der Waals surface area contributed by atoms with Crippen molar-refractivity contribution in [1.82, 2.24) is 5.32 Å². The average Bonchev–Trinajstić information content (AvgIpc) is 2.37. The van der Waals surface area contributed by atoms with E-state index in [2.05, 4.69) is 11.2 Å². The van der Waals surface area contributed by atoms with Crippen LogP contribution < -0.4 is 10.1 Å². The van der Waals surface area contributed by atoms with Crippen LogP contribution in [0.5, 0.6) is 5.75 Å². The maximum Gasteiger partial charge on any atom is 0.311 e. The number of terminal acetylenes is 1. The van der Waals surface area contributed by atoms with Gasteiger partial charge in [0.25, 0.3) is 5.91 Å². The van der Waals surface area contributed by atoms with Crippen LogP contribution in [-0.4, -0.2) is 24.0 Å². The van der Waals surface area contributed by atoms with Crippen molar-refractivity contribution in [2.45, 2.75) is 19.4 Å². The van der Waals surface area contributed by atoms with Crippen molar-refractivity contribution in [2.75, 3.05) is 7.11 Å². The summed E-state index contributed by atoms with van der Waals surface area (Å²) in [6.45, 7) is 1.76. The fraction of sp³-hybridized carbons (Fsp3) is 0.308. The Morgan fingerprint density at radius 2 is 2.32 bits per heavy atom. The zero-order valence-corrected chi connectivity index (χ0v) is 10.7.